The lowest BCUT2D eigenvalue weighted by Crippen LogP contribution is -2.31. The summed E-state index contributed by atoms with van der Waals surface area (Å²) in [4.78, 5) is 30.0. The van der Waals surface area contributed by atoms with Crippen LogP contribution in [0.15, 0.2) is 60.7 Å². The van der Waals surface area contributed by atoms with Crippen LogP contribution in [0.2, 0.25) is 0 Å². The molecule has 0 aliphatic rings. The minimum Gasteiger partial charge on any atom is -0.369 e. The molecule has 2 aromatic rings. The first-order valence-corrected chi connectivity index (χ1v) is 10.3. The second kappa shape index (κ2) is 12.0. The molecule has 2 aromatic carbocycles. The van der Waals surface area contributed by atoms with E-state index in [4.69, 9.17) is 10.6 Å². The van der Waals surface area contributed by atoms with Gasteiger partial charge in [-0.25, -0.2) is 5.48 Å². The molecule has 5 nitrogen and oxygen atoms in total. The highest BCUT2D eigenvalue weighted by atomic mass is 16.6. The van der Waals surface area contributed by atoms with Crippen molar-refractivity contribution in [3.63, 3.8) is 0 Å². The number of nitrogens with one attached hydrogen (secondary N) is 1. The van der Waals surface area contributed by atoms with Crippen molar-refractivity contribution >= 4 is 11.8 Å². The molecule has 156 valence electrons. The Bertz CT molecular complexity index is 749. The second-order valence-electron chi connectivity index (χ2n) is 7.53. The van der Waals surface area contributed by atoms with Gasteiger partial charge in [0.15, 0.2) is 0 Å². The van der Waals surface area contributed by atoms with Crippen LogP contribution in [-0.4, -0.2) is 11.8 Å². The maximum atomic E-state index is 12.8. The van der Waals surface area contributed by atoms with Crippen LogP contribution >= 0.6 is 0 Å². The standard InChI is InChI=1S/C24H32N2O3/c1-3-18(2)21(23(25)27)15-10-16-22(20-13-8-5-9-14-20)24(28)26-29-17-19-11-6-4-7-12-19/h4-9,11-14,18,21-22H,3,10,15-17H2,1-2H3,(H2,25,27)(H,26,28)/t18?,21-,22+/m1/s1. The summed E-state index contributed by atoms with van der Waals surface area (Å²) < 4.78 is 0. The average molecular weight is 397 g/mol. The molecule has 0 fully saturated rings. The fourth-order valence-electron chi connectivity index (χ4n) is 3.50. The molecule has 0 radical (unpaired) electrons. The summed E-state index contributed by atoms with van der Waals surface area (Å²) in [5, 5.41) is 0. The van der Waals surface area contributed by atoms with Crippen LogP contribution in [0.3, 0.4) is 0 Å². The molecule has 3 atom stereocenters. The SMILES string of the molecule is CCC(C)[C@@H](CCC[C@H](C(=O)NOCc1ccccc1)c1ccccc1)C(N)=O. The quantitative estimate of drug-likeness (QED) is 0.524. The predicted octanol–water partition coefficient (Wildman–Crippen LogP) is 4.34. The Labute approximate surface area is 173 Å². The van der Waals surface area contributed by atoms with Gasteiger partial charge in [-0.05, 0) is 29.9 Å². The highest BCUT2D eigenvalue weighted by molar-refractivity contribution is 5.82. The number of nitrogens with two attached hydrogens (primary N) is 1. The number of hydrogen-bond acceptors (Lipinski definition) is 3. The minimum atomic E-state index is -0.336. The number of hydroxylamine groups is 1. The summed E-state index contributed by atoms with van der Waals surface area (Å²) in [5.41, 5.74) is 10.1. The van der Waals surface area contributed by atoms with Crippen LogP contribution in [0, 0.1) is 11.8 Å². The van der Waals surface area contributed by atoms with E-state index >= 15 is 0 Å². The van der Waals surface area contributed by atoms with Gasteiger partial charge in [0.25, 0.3) is 5.91 Å². The molecule has 3 N–H and O–H groups in total. The van der Waals surface area contributed by atoms with Crippen LogP contribution in [0.1, 0.15) is 56.6 Å². The van der Waals surface area contributed by atoms with Gasteiger partial charge >= 0.3 is 0 Å². The molecule has 1 unspecified atom stereocenters. The van der Waals surface area contributed by atoms with Crippen LogP contribution in [0.25, 0.3) is 0 Å². The summed E-state index contributed by atoms with van der Waals surface area (Å²) in [6, 6.07) is 19.3. The second-order valence-corrected chi connectivity index (χ2v) is 7.53. The first-order valence-electron chi connectivity index (χ1n) is 10.3. The monoisotopic (exact) mass is 396 g/mol. The normalized spacial score (nSPS) is 14.0. The summed E-state index contributed by atoms with van der Waals surface area (Å²) in [5.74, 6) is -0.686. The molecule has 0 aromatic heterocycles. The molecular weight excluding hydrogens is 364 g/mol. The van der Waals surface area contributed by atoms with E-state index in [1.807, 2.05) is 67.6 Å². The molecule has 0 aliphatic carbocycles. The van der Waals surface area contributed by atoms with Crippen LogP contribution < -0.4 is 11.2 Å². The van der Waals surface area contributed by atoms with Crippen LogP contribution in [-0.2, 0) is 21.0 Å². The molecule has 0 saturated carbocycles. The Kier molecular flexibility index (Phi) is 9.38. The van der Waals surface area contributed by atoms with Crippen molar-refractivity contribution in [1.29, 1.82) is 0 Å². The molecule has 0 spiro atoms. The van der Waals surface area contributed by atoms with Crippen molar-refractivity contribution in [2.75, 3.05) is 0 Å². The van der Waals surface area contributed by atoms with Gasteiger partial charge in [-0.3, -0.25) is 14.4 Å². The molecule has 0 heterocycles. The largest absolute Gasteiger partial charge is 0.369 e. The summed E-state index contributed by atoms with van der Waals surface area (Å²) >= 11 is 0. The van der Waals surface area contributed by atoms with E-state index in [1.54, 1.807) is 0 Å². The first-order chi connectivity index (χ1) is 14.0. The number of primary amides is 1. The number of rotatable bonds is 12. The topological polar surface area (TPSA) is 81.4 Å². The zero-order chi connectivity index (χ0) is 21.1. The molecule has 2 amide bonds. The molecule has 0 aliphatic heterocycles. The van der Waals surface area contributed by atoms with Crippen molar-refractivity contribution in [2.45, 2.75) is 52.1 Å². The minimum absolute atomic E-state index is 0.159. The average Bonchev–Trinajstić information content (AvgIpc) is 2.74. The lowest BCUT2D eigenvalue weighted by molar-refractivity contribution is -0.136. The van der Waals surface area contributed by atoms with Gasteiger partial charge in [-0.1, -0.05) is 87.4 Å². The fraction of sp³-hybridized carbons (Fsp3) is 0.417. The first kappa shape index (κ1) is 22.6. The molecule has 0 bridgehead atoms. The maximum Gasteiger partial charge on any atom is 0.251 e. The number of amides is 2. The fourth-order valence-corrected chi connectivity index (χ4v) is 3.50. The Morgan fingerprint density at radius 2 is 1.62 bits per heavy atom. The van der Waals surface area contributed by atoms with E-state index in [2.05, 4.69) is 12.4 Å². The van der Waals surface area contributed by atoms with Crippen molar-refractivity contribution in [3.05, 3.63) is 71.8 Å². The molecular formula is C24H32N2O3. The Morgan fingerprint density at radius 1 is 1.00 bits per heavy atom. The van der Waals surface area contributed by atoms with Crippen molar-refractivity contribution < 1.29 is 14.4 Å². The summed E-state index contributed by atoms with van der Waals surface area (Å²) in [7, 11) is 0. The molecule has 5 heteroatoms. The number of hydrogen-bond donors (Lipinski definition) is 2. The lowest BCUT2D eigenvalue weighted by Gasteiger charge is -2.21. The summed E-state index contributed by atoms with van der Waals surface area (Å²) in [6.07, 6.45) is 2.96. The van der Waals surface area contributed by atoms with Crippen LogP contribution in [0.4, 0.5) is 0 Å². The third-order valence-corrected chi connectivity index (χ3v) is 5.48. The van der Waals surface area contributed by atoms with Gasteiger partial charge in [-0.15, -0.1) is 0 Å². The predicted molar refractivity (Wildman–Crippen MR) is 115 cm³/mol. The summed E-state index contributed by atoms with van der Waals surface area (Å²) in [6.45, 7) is 4.42. The number of carbonyl (C=O) groups excluding carboxylic acids is 2. The van der Waals surface area contributed by atoms with E-state index < -0.39 is 0 Å². The van der Waals surface area contributed by atoms with Gasteiger partial charge in [0.2, 0.25) is 5.91 Å². The molecule has 29 heavy (non-hydrogen) atoms. The third kappa shape index (κ3) is 7.35. The van der Waals surface area contributed by atoms with Crippen molar-refractivity contribution in [1.82, 2.24) is 5.48 Å². The highest BCUT2D eigenvalue weighted by Crippen LogP contribution is 2.27. The van der Waals surface area contributed by atoms with E-state index in [0.717, 1.165) is 24.0 Å². The van der Waals surface area contributed by atoms with Crippen molar-refractivity contribution in [3.8, 4) is 0 Å². The van der Waals surface area contributed by atoms with Gasteiger partial charge < -0.3 is 5.73 Å². The van der Waals surface area contributed by atoms with E-state index in [9.17, 15) is 9.59 Å². The van der Waals surface area contributed by atoms with Gasteiger partial charge in [0.05, 0.1) is 12.5 Å². The zero-order valence-electron chi connectivity index (χ0n) is 17.3. The Balaban J connectivity index is 1.96. The lowest BCUT2D eigenvalue weighted by atomic mass is 9.84. The smallest absolute Gasteiger partial charge is 0.251 e. The number of benzene rings is 2. The van der Waals surface area contributed by atoms with E-state index in [0.29, 0.717) is 19.4 Å². The molecule has 0 saturated heterocycles. The highest BCUT2D eigenvalue weighted by Gasteiger charge is 2.24. The number of carbonyl (C=O) groups is 2. The van der Waals surface area contributed by atoms with Gasteiger partial charge in [0.1, 0.15) is 0 Å². The Morgan fingerprint density at radius 3 is 2.21 bits per heavy atom. The maximum absolute atomic E-state index is 12.8. The van der Waals surface area contributed by atoms with E-state index in [-0.39, 0.29) is 29.6 Å². The molecule has 2 rings (SSSR count). The van der Waals surface area contributed by atoms with E-state index in [1.165, 1.54) is 0 Å². The van der Waals surface area contributed by atoms with Crippen molar-refractivity contribution in [2.24, 2.45) is 17.6 Å². The third-order valence-electron chi connectivity index (χ3n) is 5.48. The van der Waals surface area contributed by atoms with Crippen LogP contribution in [0.5, 0.6) is 0 Å². The van der Waals surface area contributed by atoms with Gasteiger partial charge in [0, 0.05) is 5.92 Å². The Hall–Kier alpha value is -2.66. The van der Waals surface area contributed by atoms with Gasteiger partial charge in [-0.2, -0.15) is 0 Å². The zero-order valence-corrected chi connectivity index (χ0v) is 17.3.